The molecular weight excluding hydrogens is 267 g/mol. The van der Waals surface area contributed by atoms with Crippen molar-refractivity contribution in [3.63, 3.8) is 0 Å². The number of hydrogen-bond donors (Lipinski definition) is 1. The van der Waals surface area contributed by atoms with E-state index >= 15 is 0 Å². The second kappa shape index (κ2) is 5.27. The van der Waals surface area contributed by atoms with Gasteiger partial charge in [0.2, 0.25) is 0 Å². The van der Waals surface area contributed by atoms with Crippen LogP contribution in [0.25, 0.3) is 0 Å². The van der Waals surface area contributed by atoms with E-state index in [1.54, 1.807) is 6.07 Å². The summed E-state index contributed by atoms with van der Waals surface area (Å²) in [4.78, 5) is 4.34. The van der Waals surface area contributed by atoms with E-state index in [-0.39, 0.29) is 6.04 Å². The molecule has 2 rings (SSSR count). The van der Waals surface area contributed by atoms with Gasteiger partial charge >= 0.3 is 0 Å². The van der Waals surface area contributed by atoms with Gasteiger partial charge in [-0.15, -0.1) is 0 Å². The molecule has 1 unspecified atom stereocenters. The molecule has 0 fully saturated rings. The van der Waals surface area contributed by atoms with E-state index < -0.39 is 0 Å². The number of halogens is 2. The van der Waals surface area contributed by atoms with Crippen molar-refractivity contribution in [3.8, 4) is 0 Å². The van der Waals surface area contributed by atoms with E-state index in [1.165, 1.54) is 0 Å². The molecule has 0 amide bonds. The van der Waals surface area contributed by atoms with Crippen molar-refractivity contribution < 1.29 is 0 Å². The third-order valence-corrected chi connectivity index (χ3v) is 3.61. The molecule has 94 valence electrons. The summed E-state index contributed by atoms with van der Waals surface area (Å²) in [5.74, 6) is 0. The minimum atomic E-state index is -0.295. The fourth-order valence-electron chi connectivity index (χ4n) is 1.99. The van der Waals surface area contributed by atoms with Gasteiger partial charge in [-0.3, -0.25) is 4.98 Å². The molecule has 1 atom stereocenters. The zero-order valence-electron chi connectivity index (χ0n) is 10.2. The average molecular weight is 281 g/mol. The molecule has 0 saturated heterocycles. The topological polar surface area (TPSA) is 38.9 Å². The Morgan fingerprint density at radius 3 is 2.33 bits per heavy atom. The third kappa shape index (κ3) is 2.66. The van der Waals surface area contributed by atoms with Crippen molar-refractivity contribution >= 4 is 23.2 Å². The van der Waals surface area contributed by atoms with Crippen LogP contribution in [0.3, 0.4) is 0 Å². The number of rotatable bonds is 2. The second-order valence-electron chi connectivity index (χ2n) is 4.30. The highest BCUT2D eigenvalue weighted by Gasteiger charge is 2.15. The number of pyridine rings is 1. The third-order valence-electron chi connectivity index (χ3n) is 2.78. The summed E-state index contributed by atoms with van der Waals surface area (Å²) < 4.78 is 0. The first kappa shape index (κ1) is 13.3. The second-order valence-corrected chi connectivity index (χ2v) is 5.09. The van der Waals surface area contributed by atoms with Crippen LogP contribution in [0.1, 0.15) is 28.6 Å². The lowest BCUT2D eigenvalue weighted by molar-refractivity contribution is 0.860. The first-order valence-corrected chi connectivity index (χ1v) is 6.39. The van der Waals surface area contributed by atoms with Gasteiger partial charge in [-0.25, -0.2) is 0 Å². The molecule has 18 heavy (non-hydrogen) atoms. The van der Waals surface area contributed by atoms with Crippen molar-refractivity contribution in [3.05, 3.63) is 62.9 Å². The van der Waals surface area contributed by atoms with Crippen molar-refractivity contribution in [2.24, 2.45) is 5.73 Å². The monoisotopic (exact) mass is 280 g/mol. The van der Waals surface area contributed by atoms with Crippen LogP contribution >= 0.6 is 23.2 Å². The smallest absolute Gasteiger partial charge is 0.0643 e. The van der Waals surface area contributed by atoms with Crippen LogP contribution in [0.4, 0.5) is 0 Å². The van der Waals surface area contributed by atoms with Gasteiger partial charge in [0.25, 0.3) is 0 Å². The van der Waals surface area contributed by atoms with E-state index in [2.05, 4.69) is 4.98 Å². The van der Waals surface area contributed by atoms with Gasteiger partial charge in [0.1, 0.15) is 0 Å². The molecule has 0 bridgehead atoms. The summed E-state index contributed by atoms with van der Waals surface area (Å²) in [5.41, 5.74) is 9.96. The molecule has 4 heteroatoms. The van der Waals surface area contributed by atoms with E-state index in [4.69, 9.17) is 28.9 Å². The largest absolute Gasteiger partial charge is 0.320 e. The Bertz CT molecular complexity index is 562. The Balaban J connectivity index is 2.47. The minimum absolute atomic E-state index is 0.295. The highest BCUT2D eigenvalue weighted by Crippen LogP contribution is 2.32. The number of aromatic nitrogens is 1. The SMILES string of the molecule is Cc1cc(C(N)c2cccc(Cl)c2Cl)cc(C)n1. The summed E-state index contributed by atoms with van der Waals surface area (Å²) in [6.45, 7) is 3.89. The molecule has 0 aliphatic rings. The zero-order valence-corrected chi connectivity index (χ0v) is 11.8. The number of nitrogens with two attached hydrogens (primary N) is 1. The van der Waals surface area contributed by atoms with Gasteiger partial charge in [0, 0.05) is 11.4 Å². The molecule has 0 aliphatic heterocycles. The normalized spacial score (nSPS) is 12.5. The van der Waals surface area contributed by atoms with Crippen LogP contribution in [0.5, 0.6) is 0 Å². The van der Waals surface area contributed by atoms with Gasteiger partial charge in [-0.2, -0.15) is 0 Å². The Hall–Kier alpha value is -1.09. The Kier molecular flexibility index (Phi) is 3.91. The first-order valence-electron chi connectivity index (χ1n) is 5.63. The van der Waals surface area contributed by atoms with Crippen LogP contribution < -0.4 is 5.73 Å². The Labute approximate surface area is 117 Å². The van der Waals surface area contributed by atoms with Gasteiger partial charge in [-0.05, 0) is 43.2 Å². The predicted octanol–water partition coefficient (Wildman–Crippen LogP) is 4.05. The highest BCUT2D eigenvalue weighted by molar-refractivity contribution is 6.42. The number of aryl methyl sites for hydroxylation is 2. The molecule has 0 saturated carbocycles. The van der Waals surface area contributed by atoms with Crippen LogP contribution in [-0.2, 0) is 0 Å². The molecule has 0 spiro atoms. The average Bonchev–Trinajstić information content (AvgIpc) is 2.30. The summed E-state index contributed by atoms with van der Waals surface area (Å²) in [6, 6.07) is 9.14. The van der Waals surface area contributed by atoms with Gasteiger partial charge in [0.15, 0.2) is 0 Å². The van der Waals surface area contributed by atoms with Crippen molar-refractivity contribution in [2.45, 2.75) is 19.9 Å². The van der Waals surface area contributed by atoms with E-state index in [0.29, 0.717) is 10.0 Å². The maximum atomic E-state index is 6.25. The van der Waals surface area contributed by atoms with E-state index in [0.717, 1.165) is 22.5 Å². The molecule has 2 N–H and O–H groups in total. The quantitative estimate of drug-likeness (QED) is 0.901. The van der Waals surface area contributed by atoms with Crippen molar-refractivity contribution in [1.29, 1.82) is 0 Å². The van der Waals surface area contributed by atoms with Crippen LogP contribution in [0.2, 0.25) is 10.0 Å². The highest BCUT2D eigenvalue weighted by atomic mass is 35.5. The molecule has 1 aromatic carbocycles. The van der Waals surface area contributed by atoms with Gasteiger partial charge in [-0.1, -0.05) is 35.3 Å². The van der Waals surface area contributed by atoms with Crippen molar-refractivity contribution in [2.75, 3.05) is 0 Å². The molecule has 2 nitrogen and oxygen atoms in total. The van der Waals surface area contributed by atoms with Crippen LogP contribution in [-0.4, -0.2) is 4.98 Å². The van der Waals surface area contributed by atoms with Gasteiger partial charge < -0.3 is 5.73 Å². The Morgan fingerprint density at radius 2 is 1.72 bits per heavy atom. The molecule has 1 aromatic heterocycles. The van der Waals surface area contributed by atoms with Crippen LogP contribution in [0, 0.1) is 13.8 Å². The molecule has 1 heterocycles. The fourth-order valence-corrected chi connectivity index (χ4v) is 2.41. The van der Waals surface area contributed by atoms with Gasteiger partial charge in [0.05, 0.1) is 16.1 Å². The minimum Gasteiger partial charge on any atom is -0.320 e. The molecular formula is C14H14Cl2N2. The maximum Gasteiger partial charge on any atom is 0.0643 e. The fraction of sp³-hybridized carbons (Fsp3) is 0.214. The summed E-state index contributed by atoms with van der Waals surface area (Å²) in [6.07, 6.45) is 0. The van der Waals surface area contributed by atoms with Crippen LogP contribution in [0.15, 0.2) is 30.3 Å². The first-order chi connectivity index (χ1) is 8.49. The molecule has 0 aliphatic carbocycles. The number of hydrogen-bond acceptors (Lipinski definition) is 2. The lowest BCUT2D eigenvalue weighted by Gasteiger charge is -2.16. The Morgan fingerprint density at radius 1 is 1.11 bits per heavy atom. The summed E-state index contributed by atoms with van der Waals surface area (Å²) >= 11 is 12.2. The zero-order chi connectivity index (χ0) is 13.3. The summed E-state index contributed by atoms with van der Waals surface area (Å²) in [5, 5.41) is 1.03. The van der Waals surface area contributed by atoms with Crippen molar-refractivity contribution in [1.82, 2.24) is 4.98 Å². The summed E-state index contributed by atoms with van der Waals surface area (Å²) in [7, 11) is 0. The predicted molar refractivity (Wildman–Crippen MR) is 76.2 cm³/mol. The van der Waals surface area contributed by atoms with E-state index in [1.807, 2.05) is 38.1 Å². The number of benzene rings is 1. The maximum absolute atomic E-state index is 6.25. The lowest BCUT2D eigenvalue weighted by atomic mass is 9.99. The molecule has 0 radical (unpaired) electrons. The lowest BCUT2D eigenvalue weighted by Crippen LogP contribution is -2.13. The standard InChI is InChI=1S/C14H14Cl2N2/c1-8-6-10(7-9(2)18-8)14(17)11-4-3-5-12(15)13(11)16/h3-7,14H,17H2,1-2H3. The van der Waals surface area contributed by atoms with E-state index in [9.17, 15) is 0 Å². The molecule has 2 aromatic rings. The number of nitrogens with zero attached hydrogens (tertiary/aromatic N) is 1.